The number of rotatable bonds is 3. The Morgan fingerprint density at radius 3 is 2.70 bits per heavy atom. The molecule has 122 valence electrons. The summed E-state index contributed by atoms with van der Waals surface area (Å²) in [7, 11) is 0. The number of hydrogen-bond acceptors (Lipinski definition) is 4. The van der Waals surface area contributed by atoms with Gasteiger partial charge in [0.1, 0.15) is 13.2 Å². The maximum absolute atomic E-state index is 12.2. The third-order valence-electron chi connectivity index (χ3n) is 4.29. The van der Waals surface area contributed by atoms with Crippen LogP contribution in [0.3, 0.4) is 0 Å². The van der Waals surface area contributed by atoms with Gasteiger partial charge in [-0.3, -0.25) is 9.59 Å². The second-order valence-corrected chi connectivity index (χ2v) is 6.11. The number of nitrogens with zero attached hydrogens (tertiary/aromatic N) is 1. The lowest BCUT2D eigenvalue weighted by Crippen LogP contribution is -2.34. The molecule has 1 unspecified atom stereocenters. The first kappa shape index (κ1) is 15.4. The maximum Gasteiger partial charge on any atom is 0.311 e. The van der Waals surface area contributed by atoms with Crippen molar-refractivity contribution in [3.63, 3.8) is 0 Å². The molecule has 2 heterocycles. The van der Waals surface area contributed by atoms with Crippen LogP contribution in [0.25, 0.3) is 6.08 Å². The quantitative estimate of drug-likeness (QED) is 0.860. The summed E-state index contributed by atoms with van der Waals surface area (Å²) in [5.41, 5.74) is -0.0108. The molecule has 0 aliphatic carbocycles. The molecule has 0 spiro atoms. The van der Waals surface area contributed by atoms with E-state index in [0.29, 0.717) is 37.7 Å². The van der Waals surface area contributed by atoms with E-state index in [1.807, 2.05) is 18.2 Å². The number of hydrogen-bond donors (Lipinski definition) is 1. The number of likely N-dealkylation sites (tertiary alicyclic amines) is 1. The molecular formula is C17H19NO5. The van der Waals surface area contributed by atoms with E-state index in [0.717, 1.165) is 5.56 Å². The fourth-order valence-corrected chi connectivity index (χ4v) is 2.76. The number of fused-ring (bicyclic) bond motifs is 1. The summed E-state index contributed by atoms with van der Waals surface area (Å²) < 4.78 is 11.0. The van der Waals surface area contributed by atoms with Gasteiger partial charge in [0.25, 0.3) is 0 Å². The van der Waals surface area contributed by atoms with Crippen molar-refractivity contribution in [2.45, 2.75) is 13.3 Å². The molecule has 1 aromatic rings. The Morgan fingerprint density at radius 2 is 2.00 bits per heavy atom. The molecule has 2 aliphatic heterocycles. The highest BCUT2D eigenvalue weighted by molar-refractivity contribution is 5.92. The number of carbonyl (C=O) groups is 2. The van der Waals surface area contributed by atoms with E-state index in [4.69, 9.17) is 9.47 Å². The number of aliphatic carboxylic acids is 1. The minimum Gasteiger partial charge on any atom is -0.486 e. The third kappa shape index (κ3) is 3.16. The summed E-state index contributed by atoms with van der Waals surface area (Å²) in [5, 5.41) is 9.21. The van der Waals surface area contributed by atoms with E-state index >= 15 is 0 Å². The number of carboxylic acids is 1. The average Bonchev–Trinajstić information content (AvgIpc) is 2.96. The summed E-state index contributed by atoms with van der Waals surface area (Å²) >= 11 is 0. The topological polar surface area (TPSA) is 76.1 Å². The van der Waals surface area contributed by atoms with E-state index in [9.17, 15) is 14.7 Å². The van der Waals surface area contributed by atoms with E-state index < -0.39 is 11.4 Å². The van der Waals surface area contributed by atoms with Gasteiger partial charge >= 0.3 is 5.97 Å². The molecule has 0 aromatic heterocycles. The molecule has 3 rings (SSSR count). The van der Waals surface area contributed by atoms with Crippen molar-refractivity contribution in [3.05, 3.63) is 29.8 Å². The lowest BCUT2D eigenvalue weighted by atomic mass is 9.90. The van der Waals surface area contributed by atoms with Gasteiger partial charge in [-0.25, -0.2) is 0 Å². The number of carboxylic acid groups (broad SMARTS) is 1. The fraction of sp³-hybridized carbons (Fsp3) is 0.412. The fourth-order valence-electron chi connectivity index (χ4n) is 2.76. The summed E-state index contributed by atoms with van der Waals surface area (Å²) in [6.45, 7) is 3.44. The number of amides is 1. The molecule has 1 saturated heterocycles. The lowest BCUT2D eigenvalue weighted by molar-refractivity contribution is -0.147. The van der Waals surface area contributed by atoms with Gasteiger partial charge in [0.15, 0.2) is 11.5 Å². The van der Waals surface area contributed by atoms with Crippen LogP contribution in [-0.4, -0.2) is 48.2 Å². The van der Waals surface area contributed by atoms with Crippen LogP contribution in [0.1, 0.15) is 18.9 Å². The van der Waals surface area contributed by atoms with Gasteiger partial charge < -0.3 is 19.5 Å². The van der Waals surface area contributed by atoms with Gasteiger partial charge in [0.2, 0.25) is 5.91 Å². The molecule has 1 N–H and O–H groups in total. The first-order chi connectivity index (χ1) is 11.0. The molecule has 2 aliphatic rings. The summed E-state index contributed by atoms with van der Waals surface area (Å²) in [4.78, 5) is 25.0. The Hall–Kier alpha value is -2.50. The Labute approximate surface area is 134 Å². The SMILES string of the molecule is CC1(C(=O)O)CCN(C(=O)C=Cc2ccc3c(c2)OCCO3)C1. The maximum atomic E-state index is 12.2. The van der Waals surface area contributed by atoms with Gasteiger partial charge in [-0.1, -0.05) is 6.07 Å². The predicted octanol–water partition coefficient (Wildman–Crippen LogP) is 1.79. The van der Waals surface area contributed by atoms with Gasteiger partial charge in [0.05, 0.1) is 5.41 Å². The van der Waals surface area contributed by atoms with Crippen LogP contribution < -0.4 is 9.47 Å². The van der Waals surface area contributed by atoms with Crippen molar-refractivity contribution in [1.29, 1.82) is 0 Å². The molecule has 1 fully saturated rings. The third-order valence-corrected chi connectivity index (χ3v) is 4.29. The van der Waals surface area contributed by atoms with E-state index in [2.05, 4.69) is 0 Å². The van der Waals surface area contributed by atoms with Gasteiger partial charge in [-0.2, -0.15) is 0 Å². The molecule has 0 radical (unpaired) electrons. The second kappa shape index (κ2) is 5.95. The number of ether oxygens (including phenoxy) is 2. The molecule has 1 amide bonds. The van der Waals surface area contributed by atoms with Crippen LogP contribution in [-0.2, 0) is 9.59 Å². The van der Waals surface area contributed by atoms with E-state index in [1.165, 1.54) is 6.08 Å². The molecule has 0 saturated carbocycles. The Morgan fingerprint density at radius 1 is 1.26 bits per heavy atom. The van der Waals surface area contributed by atoms with Crippen molar-refractivity contribution < 1.29 is 24.2 Å². The average molecular weight is 317 g/mol. The normalized spacial score (nSPS) is 23.3. The van der Waals surface area contributed by atoms with Crippen molar-refractivity contribution >= 4 is 18.0 Å². The highest BCUT2D eigenvalue weighted by atomic mass is 16.6. The summed E-state index contributed by atoms with van der Waals surface area (Å²) in [6, 6.07) is 5.49. The second-order valence-electron chi connectivity index (χ2n) is 6.11. The van der Waals surface area contributed by atoms with Crippen LogP contribution in [0.5, 0.6) is 11.5 Å². The molecule has 1 aromatic carbocycles. The monoisotopic (exact) mass is 317 g/mol. The van der Waals surface area contributed by atoms with Gasteiger partial charge in [-0.15, -0.1) is 0 Å². The molecule has 0 bridgehead atoms. The smallest absolute Gasteiger partial charge is 0.311 e. The van der Waals surface area contributed by atoms with Crippen molar-refractivity contribution in [1.82, 2.24) is 4.90 Å². The zero-order chi connectivity index (χ0) is 16.4. The summed E-state index contributed by atoms with van der Waals surface area (Å²) in [5.74, 6) is 0.343. The molecule has 6 heteroatoms. The Kier molecular flexibility index (Phi) is 3.98. The standard InChI is InChI=1S/C17H19NO5/c1-17(16(20)21)6-7-18(11-17)15(19)5-3-12-2-4-13-14(10-12)23-9-8-22-13/h2-5,10H,6-9,11H2,1H3,(H,20,21). The number of carbonyl (C=O) groups excluding carboxylic acids is 1. The summed E-state index contributed by atoms with van der Waals surface area (Å²) in [6.07, 6.45) is 3.65. The van der Waals surface area contributed by atoms with Crippen molar-refractivity contribution in [2.75, 3.05) is 26.3 Å². The minimum absolute atomic E-state index is 0.176. The van der Waals surface area contributed by atoms with Gasteiger partial charge in [-0.05, 0) is 37.1 Å². The molecule has 6 nitrogen and oxygen atoms in total. The first-order valence-corrected chi connectivity index (χ1v) is 7.58. The Bertz CT molecular complexity index is 669. The van der Waals surface area contributed by atoms with E-state index in [1.54, 1.807) is 17.9 Å². The van der Waals surface area contributed by atoms with E-state index in [-0.39, 0.29) is 12.5 Å². The van der Waals surface area contributed by atoms with Crippen LogP contribution in [0.4, 0.5) is 0 Å². The van der Waals surface area contributed by atoms with Gasteiger partial charge in [0, 0.05) is 19.2 Å². The van der Waals surface area contributed by atoms with Crippen LogP contribution in [0.2, 0.25) is 0 Å². The van der Waals surface area contributed by atoms with Crippen LogP contribution in [0.15, 0.2) is 24.3 Å². The van der Waals surface area contributed by atoms with Crippen LogP contribution >= 0.6 is 0 Å². The predicted molar refractivity (Wildman–Crippen MR) is 83.4 cm³/mol. The largest absolute Gasteiger partial charge is 0.486 e. The Balaban J connectivity index is 1.66. The minimum atomic E-state index is -0.858. The first-order valence-electron chi connectivity index (χ1n) is 7.58. The zero-order valence-corrected chi connectivity index (χ0v) is 12.9. The van der Waals surface area contributed by atoms with Crippen molar-refractivity contribution in [3.8, 4) is 11.5 Å². The van der Waals surface area contributed by atoms with Crippen LogP contribution in [0, 0.1) is 5.41 Å². The number of benzene rings is 1. The highest BCUT2D eigenvalue weighted by Crippen LogP contribution is 2.32. The zero-order valence-electron chi connectivity index (χ0n) is 12.9. The van der Waals surface area contributed by atoms with Crippen molar-refractivity contribution in [2.24, 2.45) is 5.41 Å². The molecule has 1 atom stereocenters. The molecular weight excluding hydrogens is 298 g/mol. The highest BCUT2D eigenvalue weighted by Gasteiger charge is 2.41. The lowest BCUT2D eigenvalue weighted by Gasteiger charge is -2.19. The molecule has 23 heavy (non-hydrogen) atoms.